The normalized spacial score (nSPS) is 13.9. The van der Waals surface area contributed by atoms with E-state index in [9.17, 15) is 8.42 Å². The minimum absolute atomic E-state index is 0.0128. The highest BCUT2D eigenvalue weighted by molar-refractivity contribution is 7.89. The number of alkyl halides is 1. The van der Waals surface area contributed by atoms with E-state index in [0.717, 1.165) is 19.3 Å². The number of sulfonamides is 1. The van der Waals surface area contributed by atoms with Gasteiger partial charge >= 0.3 is 0 Å². The molecular weight excluding hydrogens is 286 g/mol. The second kappa shape index (κ2) is 7.26. The summed E-state index contributed by atoms with van der Waals surface area (Å²) in [5.41, 5.74) is 0. The van der Waals surface area contributed by atoms with Crippen LogP contribution in [0.5, 0.6) is 0 Å². The monoisotopic (exact) mass is 307 g/mol. The van der Waals surface area contributed by atoms with Crippen molar-refractivity contribution in [3.63, 3.8) is 0 Å². The zero-order valence-corrected chi connectivity index (χ0v) is 13.3. The van der Waals surface area contributed by atoms with Crippen molar-refractivity contribution in [3.8, 4) is 0 Å². The Labute approximate surface area is 120 Å². The summed E-state index contributed by atoms with van der Waals surface area (Å²) < 4.78 is 27.8. The van der Waals surface area contributed by atoms with Crippen LogP contribution in [0.25, 0.3) is 0 Å². The van der Waals surface area contributed by atoms with Gasteiger partial charge in [0.05, 0.1) is 6.20 Å². The van der Waals surface area contributed by atoms with Gasteiger partial charge in [-0.1, -0.05) is 13.3 Å². The molecule has 5 nitrogen and oxygen atoms in total. The maximum absolute atomic E-state index is 12.4. The molecule has 0 fully saturated rings. The summed E-state index contributed by atoms with van der Waals surface area (Å²) in [6, 6.07) is -0.0128. The molecule has 0 aliphatic rings. The lowest BCUT2D eigenvalue weighted by Crippen LogP contribution is -2.34. The summed E-state index contributed by atoms with van der Waals surface area (Å²) in [7, 11) is -1.83. The van der Waals surface area contributed by atoms with Gasteiger partial charge in [0.25, 0.3) is 0 Å². The molecule has 1 rings (SSSR count). The molecule has 1 heterocycles. The molecule has 0 saturated carbocycles. The fourth-order valence-electron chi connectivity index (χ4n) is 1.82. The molecule has 1 aromatic heterocycles. The van der Waals surface area contributed by atoms with E-state index >= 15 is 0 Å². The molecule has 0 aliphatic carbocycles. The van der Waals surface area contributed by atoms with Gasteiger partial charge in [-0.2, -0.15) is 9.40 Å². The van der Waals surface area contributed by atoms with Crippen molar-refractivity contribution in [3.05, 3.63) is 12.4 Å². The topological polar surface area (TPSA) is 55.2 Å². The molecule has 110 valence electrons. The van der Waals surface area contributed by atoms with Crippen LogP contribution in [0.1, 0.15) is 33.1 Å². The van der Waals surface area contributed by atoms with Gasteiger partial charge in [-0.05, 0) is 19.8 Å². The van der Waals surface area contributed by atoms with Crippen molar-refractivity contribution in [2.24, 2.45) is 0 Å². The van der Waals surface area contributed by atoms with E-state index in [1.54, 1.807) is 17.9 Å². The van der Waals surface area contributed by atoms with Crippen LogP contribution < -0.4 is 0 Å². The molecule has 7 heteroatoms. The molecule has 1 atom stereocenters. The van der Waals surface area contributed by atoms with Crippen molar-refractivity contribution in [2.75, 3.05) is 12.9 Å². The zero-order chi connectivity index (χ0) is 14.5. The fourth-order valence-corrected chi connectivity index (χ4v) is 3.29. The smallest absolute Gasteiger partial charge is 0.246 e. The number of hydrogen-bond donors (Lipinski definition) is 0. The van der Waals surface area contributed by atoms with E-state index in [0.29, 0.717) is 12.4 Å². The van der Waals surface area contributed by atoms with Gasteiger partial charge < -0.3 is 0 Å². The van der Waals surface area contributed by atoms with Gasteiger partial charge in [0, 0.05) is 31.7 Å². The van der Waals surface area contributed by atoms with Crippen LogP contribution in [0, 0.1) is 0 Å². The lowest BCUT2D eigenvalue weighted by atomic mass is 10.2. The van der Waals surface area contributed by atoms with Crippen LogP contribution in [0.2, 0.25) is 0 Å². The molecule has 0 N–H and O–H groups in total. The Bertz CT molecular complexity index is 487. The molecule has 19 heavy (non-hydrogen) atoms. The van der Waals surface area contributed by atoms with Crippen molar-refractivity contribution < 1.29 is 8.42 Å². The highest BCUT2D eigenvalue weighted by Crippen LogP contribution is 2.17. The third-order valence-corrected chi connectivity index (χ3v) is 5.33. The lowest BCUT2D eigenvalue weighted by Gasteiger charge is -2.23. The molecule has 1 aromatic rings. The first kappa shape index (κ1) is 16.5. The van der Waals surface area contributed by atoms with Crippen molar-refractivity contribution in [1.82, 2.24) is 14.1 Å². The van der Waals surface area contributed by atoms with Gasteiger partial charge in [0.1, 0.15) is 4.90 Å². The minimum Gasteiger partial charge on any atom is -0.271 e. The molecule has 0 aromatic carbocycles. The van der Waals surface area contributed by atoms with Gasteiger partial charge in [-0.25, -0.2) is 8.42 Å². The lowest BCUT2D eigenvalue weighted by molar-refractivity contribution is 0.368. The molecule has 0 bridgehead atoms. The first-order valence-electron chi connectivity index (χ1n) is 6.50. The van der Waals surface area contributed by atoms with Crippen LogP contribution in [0.15, 0.2) is 17.3 Å². The van der Waals surface area contributed by atoms with Crippen LogP contribution in [0.3, 0.4) is 0 Å². The van der Waals surface area contributed by atoms with Crippen LogP contribution in [-0.4, -0.2) is 41.5 Å². The summed E-state index contributed by atoms with van der Waals surface area (Å²) in [6.07, 6.45) is 5.53. The molecule has 0 amide bonds. The fraction of sp³-hybridized carbons (Fsp3) is 0.750. The number of rotatable bonds is 8. The van der Waals surface area contributed by atoms with Gasteiger partial charge in [-0.3, -0.25) is 4.68 Å². The number of aromatic nitrogens is 2. The average molecular weight is 308 g/mol. The summed E-state index contributed by atoms with van der Waals surface area (Å²) in [6.45, 7) is 4.59. The molecule has 1 unspecified atom stereocenters. The second-order valence-corrected chi connectivity index (χ2v) is 7.02. The summed E-state index contributed by atoms with van der Waals surface area (Å²) in [4.78, 5) is 0.243. The summed E-state index contributed by atoms with van der Waals surface area (Å²) in [5, 5.41) is 4.06. The van der Waals surface area contributed by atoms with E-state index in [1.807, 2.05) is 13.8 Å². The Hall–Kier alpha value is -0.590. The molecule has 0 radical (unpaired) electrons. The quantitative estimate of drug-likeness (QED) is 0.693. The molecule has 0 spiro atoms. The third kappa shape index (κ3) is 4.19. The number of nitrogens with zero attached hydrogens (tertiary/aromatic N) is 3. The van der Waals surface area contributed by atoms with Crippen LogP contribution >= 0.6 is 11.6 Å². The van der Waals surface area contributed by atoms with E-state index < -0.39 is 10.0 Å². The Kier molecular flexibility index (Phi) is 6.29. The maximum atomic E-state index is 12.4. The number of aryl methyl sites for hydroxylation is 1. The zero-order valence-electron chi connectivity index (χ0n) is 11.7. The predicted molar refractivity (Wildman–Crippen MR) is 76.9 cm³/mol. The summed E-state index contributed by atoms with van der Waals surface area (Å²) in [5.74, 6) is 0.537. The summed E-state index contributed by atoms with van der Waals surface area (Å²) >= 11 is 5.61. The molecule has 0 aliphatic heterocycles. The van der Waals surface area contributed by atoms with Crippen molar-refractivity contribution >= 4 is 21.6 Å². The maximum Gasteiger partial charge on any atom is 0.246 e. The largest absolute Gasteiger partial charge is 0.271 e. The number of halogens is 1. The van der Waals surface area contributed by atoms with E-state index in [4.69, 9.17) is 11.6 Å². The van der Waals surface area contributed by atoms with Gasteiger partial charge in [0.15, 0.2) is 0 Å². The first-order valence-corrected chi connectivity index (χ1v) is 8.47. The van der Waals surface area contributed by atoms with Crippen molar-refractivity contribution in [1.29, 1.82) is 0 Å². The standard InChI is InChI=1S/C12H22ClN3O2S/c1-4-6-11(2)15(3)19(17,18)12-9-14-16(10-12)8-5-7-13/h9-11H,4-8H2,1-3H3. The third-order valence-electron chi connectivity index (χ3n) is 3.13. The first-order chi connectivity index (χ1) is 8.93. The van der Waals surface area contributed by atoms with Gasteiger partial charge in [-0.15, -0.1) is 11.6 Å². The van der Waals surface area contributed by atoms with E-state index in [2.05, 4.69) is 5.10 Å². The van der Waals surface area contributed by atoms with Crippen LogP contribution in [-0.2, 0) is 16.6 Å². The van der Waals surface area contributed by atoms with Crippen LogP contribution in [0.4, 0.5) is 0 Å². The predicted octanol–water partition coefficient (Wildman–Crippen LogP) is 2.32. The molecule has 0 saturated heterocycles. The Balaban J connectivity index is 2.84. The van der Waals surface area contributed by atoms with E-state index in [-0.39, 0.29) is 10.9 Å². The average Bonchev–Trinajstić information content (AvgIpc) is 2.85. The Morgan fingerprint density at radius 2 is 2.21 bits per heavy atom. The minimum atomic E-state index is -3.45. The second-order valence-electron chi connectivity index (χ2n) is 4.64. The van der Waals surface area contributed by atoms with Gasteiger partial charge in [0.2, 0.25) is 10.0 Å². The highest BCUT2D eigenvalue weighted by atomic mass is 35.5. The van der Waals surface area contributed by atoms with E-state index in [1.165, 1.54) is 10.5 Å². The SMILES string of the molecule is CCCC(C)N(C)S(=O)(=O)c1cnn(CCCCl)c1. The van der Waals surface area contributed by atoms with Crippen molar-refractivity contribution in [2.45, 2.75) is 50.6 Å². The highest BCUT2D eigenvalue weighted by Gasteiger charge is 2.26. The molecular formula is C12H22ClN3O2S. The Morgan fingerprint density at radius 3 is 2.79 bits per heavy atom. The number of hydrogen-bond acceptors (Lipinski definition) is 3. The Morgan fingerprint density at radius 1 is 1.53 bits per heavy atom.